The van der Waals surface area contributed by atoms with Crippen LogP contribution < -0.4 is 5.32 Å². The maximum absolute atomic E-state index is 13.3. The molecular formula is C26H23N5O2. The molecule has 0 aliphatic carbocycles. The Bertz CT molecular complexity index is 1390. The SMILES string of the molecule is Cn1cc(-c2cccc(C(=O)NC(Cc3ccc(O)cc3)c3nc4ccccc4[nH]3)c2)cn1. The van der Waals surface area contributed by atoms with Crippen LogP contribution in [0.25, 0.3) is 22.2 Å². The van der Waals surface area contributed by atoms with Gasteiger partial charge >= 0.3 is 0 Å². The van der Waals surface area contributed by atoms with Crippen LogP contribution in [0.1, 0.15) is 27.8 Å². The van der Waals surface area contributed by atoms with E-state index >= 15 is 0 Å². The van der Waals surface area contributed by atoms with Gasteiger partial charge in [0.05, 0.1) is 23.3 Å². The zero-order chi connectivity index (χ0) is 22.8. The van der Waals surface area contributed by atoms with E-state index in [9.17, 15) is 9.90 Å². The van der Waals surface area contributed by atoms with Gasteiger partial charge in [0, 0.05) is 24.4 Å². The molecule has 0 spiro atoms. The molecule has 1 atom stereocenters. The van der Waals surface area contributed by atoms with Crippen molar-refractivity contribution in [2.24, 2.45) is 7.05 Å². The lowest BCUT2D eigenvalue weighted by atomic mass is 10.0. The normalized spacial score (nSPS) is 12.0. The molecule has 2 aromatic heterocycles. The second-order valence-corrected chi connectivity index (χ2v) is 8.02. The summed E-state index contributed by atoms with van der Waals surface area (Å²) in [5.74, 6) is 0.696. The number of nitrogens with one attached hydrogen (secondary N) is 2. The molecule has 5 rings (SSSR count). The molecule has 164 valence electrons. The van der Waals surface area contributed by atoms with Crippen LogP contribution in [0.4, 0.5) is 0 Å². The molecule has 5 aromatic rings. The minimum Gasteiger partial charge on any atom is -0.508 e. The number of nitrogens with zero attached hydrogens (tertiary/aromatic N) is 3. The molecule has 0 radical (unpaired) electrons. The van der Waals surface area contributed by atoms with Gasteiger partial charge in [0.25, 0.3) is 5.91 Å². The highest BCUT2D eigenvalue weighted by Gasteiger charge is 2.20. The summed E-state index contributed by atoms with van der Waals surface area (Å²) in [4.78, 5) is 21.3. The van der Waals surface area contributed by atoms with Gasteiger partial charge in [-0.15, -0.1) is 0 Å². The Morgan fingerprint density at radius 2 is 1.88 bits per heavy atom. The molecular weight excluding hydrogens is 414 g/mol. The van der Waals surface area contributed by atoms with E-state index in [0.717, 1.165) is 27.7 Å². The minimum atomic E-state index is -0.378. The fraction of sp³-hybridized carbons (Fsp3) is 0.115. The predicted octanol–water partition coefficient (Wildman–Crippen LogP) is 4.38. The molecule has 7 nitrogen and oxygen atoms in total. The Kier molecular flexibility index (Phi) is 5.36. The van der Waals surface area contributed by atoms with E-state index < -0.39 is 0 Å². The maximum Gasteiger partial charge on any atom is 0.251 e. The van der Waals surface area contributed by atoms with Crippen molar-refractivity contribution in [3.8, 4) is 16.9 Å². The number of hydrogen-bond donors (Lipinski definition) is 3. The maximum atomic E-state index is 13.3. The highest BCUT2D eigenvalue weighted by molar-refractivity contribution is 5.95. The number of aromatic hydroxyl groups is 1. The van der Waals surface area contributed by atoms with Gasteiger partial charge in [-0.3, -0.25) is 9.48 Å². The Labute approximate surface area is 190 Å². The number of benzene rings is 3. The van der Waals surface area contributed by atoms with Crippen molar-refractivity contribution >= 4 is 16.9 Å². The fourth-order valence-electron chi connectivity index (χ4n) is 3.87. The molecule has 0 saturated heterocycles. The molecule has 0 saturated carbocycles. The predicted molar refractivity (Wildman–Crippen MR) is 127 cm³/mol. The molecule has 0 aliphatic rings. The Morgan fingerprint density at radius 1 is 1.06 bits per heavy atom. The van der Waals surface area contributed by atoms with Gasteiger partial charge in [-0.25, -0.2) is 4.98 Å². The van der Waals surface area contributed by atoms with Crippen molar-refractivity contribution in [3.63, 3.8) is 0 Å². The van der Waals surface area contributed by atoms with Crippen LogP contribution in [-0.4, -0.2) is 30.8 Å². The molecule has 1 unspecified atom stereocenters. The van der Waals surface area contributed by atoms with Crippen molar-refractivity contribution in [2.45, 2.75) is 12.5 Å². The first-order chi connectivity index (χ1) is 16.0. The third-order valence-corrected chi connectivity index (χ3v) is 5.58. The number of imidazole rings is 1. The minimum absolute atomic E-state index is 0.190. The molecule has 2 heterocycles. The van der Waals surface area contributed by atoms with Crippen LogP contribution in [0.5, 0.6) is 5.75 Å². The van der Waals surface area contributed by atoms with Crippen LogP contribution in [-0.2, 0) is 13.5 Å². The summed E-state index contributed by atoms with van der Waals surface area (Å²) in [5.41, 5.74) is 5.16. The van der Waals surface area contributed by atoms with E-state index in [1.54, 1.807) is 29.1 Å². The van der Waals surface area contributed by atoms with E-state index in [1.807, 2.05) is 67.8 Å². The molecule has 3 aromatic carbocycles. The number of aromatic nitrogens is 4. The molecule has 7 heteroatoms. The van der Waals surface area contributed by atoms with Gasteiger partial charge in [-0.05, 0) is 53.9 Å². The standard InChI is InChI=1S/C26H23N5O2/c1-31-16-20(15-27-31)18-5-4-6-19(14-18)26(33)30-24(13-17-9-11-21(32)12-10-17)25-28-22-7-2-3-8-23(22)29-25/h2-12,14-16,24,32H,13H2,1H3,(H,28,29)(H,30,33). The lowest BCUT2D eigenvalue weighted by molar-refractivity contribution is 0.0935. The Morgan fingerprint density at radius 3 is 2.64 bits per heavy atom. The van der Waals surface area contributed by atoms with Crippen LogP contribution in [0.2, 0.25) is 0 Å². The van der Waals surface area contributed by atoms with Gasteiger partial charge in [0.15, 0.2) is 0 Å². The average Bonchev–Trinajstić information content (AvgIpc) is 3.46. The van der Waals surface area contributed by atoms with Gasteiger partial charge in [0.1, 0.15) is 11.6 Å². The Hall–Kier alpha value is -4.39. The summed E-state index contributed by atoms with van der Waals surface area (Å²) >= 11 is 0. The average molecular weight is 438 g/mol. The van der Waals surface area contributed by atoms with Gasteiger partial charge in [0.2, 0.25) is 0 Å². The Balaban J connectivity index is 1.45. The highest BCUT2D eigenvalue weighted by Crippen LogP contribution is 2.23. The van der Waals surface area contributed by atoms with Crippen LogP contribution in [0.3, 0.4) is 0 Å². The number of para-hydroxylation sites is 2. The quantitative estimate of drug-likeness (QED) is 0.367. The van der Waals surface area contributed by atoms with Gasteiger partial charge < -0.3 is 15.4 Å². The number of carbonyl (C=O) groups excluding carboxylic acids is 1. The van der Waals surface area contributed by atoms with E-state index in [2.05, 4.69) is 15.4 Å². The molecule has 1 amide bonds. The number of aryl methyl sites for hydroxylation is 1. The first-order valence-corrected chi connectivity index (χ1v) is 10.7. The van der Waals surface area contributed by atoms with E-state index in [1.165, 1.54) is 0 Å². The van der Waals surface area contributed by atoms with E-state index in [4.69, 9.17) is 4.98 Å². The number of H-pyrrole nitrogens is 1. The number of aromatic amines is 1. The number of carbonyl (C=O) groups is 1. The van der Waals surface area contributed by atoms with Crippen molar-refractivity contribution in [1.82, 2.24) is 25.1 Å². The highest BCUT2D eigenvalue weighted by atomic mass is 16.3. The van der Waals surface area contributed by atoms with Crippen molar-refractivity contribution in [2.75, 3.05) is 0 Å². The molecule has 33 heavy (non-hydrogen) atoms. The molecule has 0 aliphatic heterocycles. The zero-order valence-electron chi connectivity index (χ0n) is 18.1. The largest absolute Gasteiger partial charge is 0.508 e. The first kappa shape index (κ1) is 20.5. The third-order valence-electron chi connectivity index (χ3n) is 5.58. The number of rotatable bonds is 6. The number of amides is 1. The molecule has 0 bridgehead atoms. The number of hydrogen-bond acceptors (Lipinski definition) is 4. The van der Waals surface area contributed by atoms with Crippen molar-refractivity contribution in [1.29, 1.82) is 0 Å². The van der Waals surface area contributed by atoms with Crippen LogP contribution >= 0.6 is 0 Å². The third kappa shape index (κ3) is 4.48. The van der Waals surface area contributed by atoms with Crippen molar-refractivity contribution in [3.05, 3.63) is 102 Å². The monoisotopic (exact) mass is 437 g/mol. The van der Waals surface area contributed by atoms with Crippen LogP contribution in [0.15, 0.2) is 85.2 Å². The number of phenols is 1. The lowest BCUT2D eigenvalue weighted by Gasteiger charge is -2.17. The van der Waals surface area contributed by atoms with Crippen molar-refractivity contribution < 1.29 is 9.90 Å². The fourth-order valence-corrected chi connectivity index (χ4v) is 3.87. The summed E-state index contributed by atoms with van der Waals surface area (Å²) in [5, 5.41) is 17.0. The second-order valence-electron chi connectivity index (χ2n) is 8.02. The summed E-state index contributed by atoms with van der Waals surface area (Å²) in [6.45, 7) is 0. The first-order valence-electron chi connectivity index (χ1n) is 10.7. The zero-order valence-corrected chi connectivity index (χ0v) is 18.1. The summed E-state index contributed by atoms with van der Waals surface area (Å²) < 4.78 is 1.73. The summed E-state index contributed by atoms with van der Waals surface area (Å²) in [7, 11) is 1.86. The van der Waals surface area contributed by atoms with Crippen LogP contribution in [0, 0.1) is 0 Å². The lowest BCUT2D eigenvalue weighted by Crippen LogP contribution is -2.30. The van der Waals surface area contributed by atoms with Gasteiger partial charge in [-0.1, -0.05) is 36.4 Å². The topological polar surface area (TPSA) is 95.8 Å². The van der Waals surface area contributed by atoms with Gasteiger partial charge in [-0.2, -0.15) is 5.10 Å². The smallest absolute Gasteiger partial charge is 0.251 e. The number of phenolic OH excluding ortho intramolecular Hbond substituents is 1. The summed E-state index contributed by atoms with van der Waals surface area (Å²) in [6.07, 6.45) is 4.21. The number of fused-ring (bicyclic) bond motifs is 1. The second kappa shape index (κ2) is 8.63. The molecule has 3 N–H and O–H groups in total. The molecule has 0 fully saturated rings. The van der Waals surface area contributed by atoms with E-state index in [-0.39, 0.29) is 17.7 Å². The van der Waals surface area contributed by atoms with E-state index in [0.29, 0.717) is 17.8 Å². The summed E-state index contributed by atoms with van der Waals surface area (Å²) in [6, 6.07) is 21.9.